The minimum Gasteiger partial charge on any atom is -0.460 e. The quantitative estimate of drug-likeness (QED) is 0.212. The van der Waals surface area contributed by atoms with Crippen LogP contribution >= 0.6 is 0 Å². The van der Waals surface area contributed by atoms with Crippen molar-refractivity contribution in [1.29, 1.82) is 0 Å². The van der Waals surface area contributed by atoms with Crippen molar-refractivity contribution in [3.8, 4) is 0 Å². The molecule has 0 radical (unpaired) electrons. The van der Waals surface area contributed by atoms with Crippen LogP contribution in [0.2, 0.25) is 51.9 Å². The third kappa shape index (κ3) is 9.19. The molecule has 0 amide bonds. The van der Waals surface area contributed by atoms with E-state index in [1.807, 2.05) is 6.92 Å². The Kier molecular flexibility index (Phi) is 10.2. The lowest BCUT2D eigenvalue weighted by atomic mass is 10.1. The molecular weight excluding hydrogens is 489 g/mol. The monoisotopic (exact) mass is 534 g/mol. The normalized spacial score (nSPS) is 26.9. The highest BCUT2D eigenvalue weighted by molar-refractivity contribution is 7.37. The summed E-state index contributed by atoms with van der Waals surface area (Å²) in [6, 6.07) is 0.822. The summed E-state index contributed by atoms with van der Waals surface area (Å²) in [5, 5.41) is 0. The number of esters is 2. The Hall–Kier alpha value is -0.572. The minimum absolute atomic E-state index is 0.254. The number of rotatable bonds is 10. The molecular formula is C22H46O7Si4. The van der Waals surface area contributed by atoms with Crippen LogP contribution < -0.4 is 0 Å². The summed E-state index contributed by atoms with van der Waals surface area (Å²) >= 11 is 0. The molecule has 0 N–H and O–H groups in total. The van der Waals surface area contributed by atoms with Crippen LogP contribution in [0.25, 0.3) is 0 Å². The van der Waals surface area contributed by atoms with E-state index in [4.69, 9.17) is 22.1 Å². The Balaban J connectivity index is 3.42. The first kappa shape index (κ1) is 30.5. The van der Waals surface area contributed by atoms with Gasteiger partial charge in [0.15, 0.2) is 16.6 Å². The lowest BCUT2D eigenvalue weighted by molar-refractivity contribution is -0.143. The maximum absolute atomic E-state index is 12.8. The Morgan fingerprint density at radius 3 is 1.88 bits per heavy atom. The van der Waals surface area contributed by atoms with E-state index in [1.165, 1.54) is 0 Å². The average molecular weight is 535 g/mol. The molecule has 0 aromatic rings. The molecule has 1 aliphatic heterocycles. The molecule has 0 aliphatic carbocycles. The van der Waals surface area contributed by atoms with Gasteiger partial charge in [0.25, 0.3) is 7.83 Å². The van der Waals surface area contributed by atoms with Gasteiger partial charge in [0.1, 0.15) is 5.73 Å². The van der Waals surface area contributed by atoms with E-state index in [1.54, 1.807) is 13.8 Å². The van der Waals surface area contributed by atoms with Crippen molar-refractivity contribution >= 4 is 44.5 Å². The van der Waals surface area contributed by atoms with Crippen molar-refractivity contribution in [3.63, 3.8) is 0 Å². The van der Waals surface area contributed by atoms with Gasteiger partial charge in [0.2, 0.25) is 0 Å². The second kappa shape index (κ2) is 11.0. The molecule has 0 saturated carbocycles. The molecule has 1 heterocycles. The average Bonchev–Trinajstić information content (AvgIpc) is 2.56. The van der Waals surface area contributed by atoms with Gasteiger partial charge in [0.05, 0.1) is 11.7 Å². The minimum atomic E-state index is -2.89. The van der Waals surface area contributed by atoms with Crippen LogP contribution in [0.3, 0.4) is 0 Å². The smallest absolute Gasteiger partial charge is 0.339 e. The van der Waals surface area contributed by atoms with Gasteiger partial charge in [-0.15, -0.1) is 0 Å². The summed E-state index contributed by atoms with van der Waals surface area (Å²) in [5.41, 5.74) is -0.741. The van der Waals surface area contributed by atoms with E-state index in [0.29, 0.717) is 6.42 Å². The standard InChI is InChI=1S/C22H46O7Si4/c1-13-21(26-20(24)15-14-19(23)25-18(2)3)33(29-31(9,10)11)17-16-22(4,5)27-32(33,12)28-30(6,7)8/h14-15,18,21H,13,16-17H2,1-12H3. The second-order valence-corrected chi connectivity index (χ2v) is 32.1. The third-order valence-electron chi connectivity index (χ3n) is 5.18. The molecule has 7 nitrogen and oxygen atoms in total. The van der Waals surface area contributed by atoms with Crippen molar-refractivity contribution in [2.45, 2.75) is 117 Å². The van der Waals surface area contributed by atoms with Gasteiger partial charge in [0, 0.05) is 12.2 Å². The molecule has 3 unspecified atom stereocenters. The highest BCUT2D eigenvalue weighted by Crippen LogP contribution is 2.45. The topological polar surface area (TPSA) is 80.3 Å². The first-order valence-electron chi connectivity index (χ1n) is 11.9. The molecule has 1 saturated heterocycles. The molecule has 0 bridgehead atoms. The largest absolute Gasteiger partial charge is 0.460 e. The van der Waals surface area contributed by atoms with E-state index < -0.39 is 50.2 Å². The van der Waals surface area contributed by atoms with Crippen molar-refractivity contribution < 1.29 is 31.7 Å². The van der Waals surface area contributed by atoms with E-state index in [-0.39, 0.29) is 11.7 Å². The lowest BCUT2D eigenvalue weighted by Gasteiger charge is -2.57. The molecule has 33 heavy (non-hydrogen) atoms. The fourth-order valence-electron chi connectivity index (χ4n) is 4.37. The number of hydrogen-bond acceptors (Lipinski definition) is 7. The van der Waals surface area contributed by atoms with Crippen LogP contribution in [0.1, 0.15) is 47.5 Å². The van der Waals surface area contributed by atoms with Crippen LogP contribution in [0.4, 0.5) is 0 Å². The maximum Gasteiger partial charge on any atom is 0.339 e. The molecule has 0 spiro atoms. The van der Waals surface area contributed by atoms with Crippen LogP contribution in [0.15, 0.2) is 12.2 Å². The van der Waals surface area contributed by atoms with Gasteiger partial charge in [-0.05, 0) is 92.4 Å². The summed E-state index contributed by atoms with van der Waals surface area (Å²) in [7, 11) is -9.78. The summed E-state index contributed by atoms with van der Waals surface area (Å²) < 4.78 is 31.9. The molecule has 3 atom stereocenters. The van der Waals surface area contributed by atoms with E-state index in [2.05, 4.69) is 59.7 Å². The van der Waals surface area contributed by atoms with Crippen LogP contribution in [0, 0.1) is 0 Å². The number of hydrogen-bond donors (Lipinski definition) is 0. The Morgan fingerprint density at radius 2 is 1.45 bits per heavy atom. The van der Waals surface area contributed by atoms with E-state index in [9.17, 15) is 9.59 Å². The zero-order valence-electron chi connectivity index (χ0n) is 22.8. The fraction of sp³-hybridized carbons (Fsp3) is 0.818. The first-order chi connectivity index (χ1) is 14.7. The Bertz CT molecular complexity index is 723. The second-order valence-electron chi connectivity index (χ2n) is 11.8. The zero-order valence-corrected chi connectivity index (χ0v) is 26.8. The number of carbonyl (C=O) groups excluding carboxylic acids is 2. The summed E-state index contributed by atoms with van der Waals surface area (Å²) in [5.74, 6) is -1.13. The number of carbonyl (C=O) groups is 2. The highest BCUT2D eigenvalue weighted by Gasteiger charge is 2.69. The molecule has 1 aliphatic rings. The van der Waals surface area contributed by atoms with Gasteiger partial charge < -0.3 is 22.1 Å². The Labute approximate surface area is 205 Å². The molecule has 0 aromatic carbocycles. The molecule has 11 heteroatoms. The highest BCUT2D eigenvalue weighted by atomic mass is 29.3. The SMILES string of the molecule is CCC(OC(=O)C=CC(=O)OC(C)C)[Si]1(O[Si](C)(C)C)CCC(C)(C)O[Si]1(C)O[Si](C)(C)C. The van der Waals surface area contributed by atoms with Crippen molar-refractivity contribution in [2.75, 3.05) is 0 Å². The summed E-state index contributed by atoms with van der Waals surface area (Å²) in [6.07, 6.45) is 3.45. The van der Waals surface area contributed by atoms with Crippen LogP contribution in [-0.2, 0) is 31.7 Å². The molecule has 192 valence electrons. The van der Waals surface area contributed by atoms with Gasteiger partial charge >= 0.3 is 20.0 Å². The third-order valence-corrected chi connectivity index (χ3v) is 26.6. The molecule has 1 fully saturated rings. The van der Waals surface area contributed by atoms with Crippen LogP contribution in [-0.4, -0.2) is 61.9 Å². The predicted molar refractivity (Wildman–Crippen MR) is 141 cm³/mol. The lowest BCUT2D eigenvalue weighted by Crippen LogP contribution is -2.80. The molecule has 1 rings (SSSR count). The van der Waals surface area contributed by atoms with Crippen molar-refractivity contribution in [2.24, 2.45) is 0 Å². The predicted octanol–water partition coefficient (Wildman–Crippen LogP) is 5.35. The summed E-state index contributed by atoms with van der Waals surface area (Å²) in [4.78, 5) is 24.6. The van der Waals surface area contributed by atoms with Gasteiger partial charge in [-0.2, -0.15) is 0 Å². The maximum atomic E-state index is 12.8. The fourth-order valence-corrected chi connectivity index (χ4v) is 34.9. The van der Waals surface area contributed by atoms with E-state index in [0.717, 1.165) is 24.6 Å². The van der Waals surface area contributed by atoms with Crippen molar-refractivity contribution in [1.82, 2.24) is 0 Å². The van der Waals surface area contributed by atoms with Gasteiger partial charge in [-0.1, -0.05) is 6.92 Å². The molecule has 0 aromatic heterocycles. The number of ether oxygens (including phenoxy) is 2. The first-order valence-corrected chi connectivity index (χ1v) is 24.3. The van der Waals surface area contributed by atoms with Crippen LogP contribution in [0.5, 0.6) is 0 Å². The zero-order chi connectivity index (χ0) is 25.9. The van der Waals surface area contributed by atoms with Gasteiger partial charge in [-0.3, -0.25) is 0 Å². The van der Waals surface area contributed by atoms with Gasteiger partial charge in [-0.25, -0.2) is 9.59 Å². The van der Waals surface area contributed by atoms with Crippen molar-refractivity contribution in [3.05, 3.63) is 12.2 Å². The Morgan fingerprint density at radius 1 is 0.970 bits per heavy atom. The summed E-state index contributed by atoms with van der Waals surface area (Å²) in [6.45, 7) is 24.9. The van der Waals surface area contributed by atoms with E-state index >= 15 is 0 Å².